The second-order valence-corrected chi connectivity index (χ2v) is 10.3. The molecule has 0 aliphatic heterocycles. The van der Waals surface area contributed by atoms with E-state index in [4.69, 9.17) is 9.47 Å². The minimum atomic E-state index is -0.868. The molecule has 0 bridgehead atoms. The van der Waals surface area contributed by atoms with E-state index < -0.39 is 12.1 Å². The highest BCUT2D eigenvalue weighted by atomic mass is 16.5. The first-order chi connectivity index (χ1) is 19.8. The van der Waals surface area contributed by atoms with Crippen LogP contribution in [0.15, 0.2) is 109 Å². The summed E-state index contributed by atoms with van der Waals surface area (Å²) in [7, 11) is 0. The van der Waals surface area contributed by atoms with Gasteiger partial charge in [0.2, 0.25) is 11.7 Å². The average molecular weight is 550 g/mol. The monoisotopic (exact) mass is 549 g/mol. The van der Waals surface area contributed by atoms with E-state index in [0.717, 1.165) is 0 Å². The number of rotatable bonds is 12. The van der Waals surface area contributed by atoms with E-state index in [2.05, 4.69) is 43.4 Å². The van der Waals surface area contributed by atoms with Crippen LogP contribution in [0.5, 0.6) is 11.5 Å². The molecule has 0 aliphatic carbocycles. The number of hydrogen-bond donors (Lipinski definition) is 1. The lowest BCUT2D eigenvalue weighted by Crippen LogP contribution is -2.27. The Labute approximate surface area is 241 Å². The molecule has 210 valence electrons. The van der Waals surface area contributed by atoms with Gasteiger partial charge in [-0.25, -0.2) is 0 Å². The Bertz CT molecular complexity index is 1450. The lowest BCUT2D eigenvalue weighted by Gasteiger charge is -2.26. The van der Waals surface area contributed by atoms with Gasteiger partial charge in [-0.3, -0.25) is 14.4 Å². The molecule has 1 N–H and O–H groups in total. The third-order valence-corrected chi connectivity index (χ3v) is 7.00. The van der Waals surface area contributed by atoms with Crippen LogP contribution in [-0.4, -0.2) is 23.8 Å². The first-order valence-electron chi connectivity index (χ1n) is 13.8. The molecule has 41 heavy (non-hydrogen) atoms. The number of amides is 1. The molecule has 0 aromatic heterocycles. The Morgan fingerprint density at radius 1 is 0.707 bits per heavy atom. The largest absolute Gasteiger partial charge is 0.457 e. The molecule has 6 heteroatoms. The van der Waals surface area contributed by atoms with E-state index in [-0.39, 0.29) is 29.9 Å². The van der Waals surface area contributed by atoms with E-state index in [1.807, 2.05) is 36.4 Å². The molecule has 4 aromatic rings. The zero-order valence-electron chi connectivity index (χ0n) is 23.6. The van der Waals surface area contributed by atoms with Crippen molar-refractivity contribution in [3.63, 3.8) is 0 Å². The number of carbonyl (C=O) groups excluding carboxylic acids is 3. The van der Waals surface area contributed by atoms with Crippen LogP contribution in [0.1, 0.15) is 61.5 Å². The maximum atomic E-state index is 12.6. The number of anilines is 1. The van der Waals surface area contributed by atoms with E-state index in [0.29, 0.717) is 29.2 Å². The predicted molar refractivity (Wildman–Crippen MR) is 160 cm³/mol. The highest BCUT2D eigenvalue weighted by Gasteiger charge is 2.23. The number of carbonyl (C=O) groups is 3. The number of nitrogens with one attached hydrogen (secondary N) is 1. The molecule has 0 saturated heterocycles. The van der Waals surface area contributed by atoms with Gasteiger partial charge in [0.25, 0.3) is 0 Å². The number of Topliss-reactive ketones (excluding diaryl/α,β-unsaturated/α-hetero) is 1. The molecule has 6 nitrogen and oxygen atoms in total. The topological polar surface area (TPSA) is 81.7 Å². The second-order valence-electron chi connectivity index (χ2n) is 10.3. The Balaban J connectivity index is 1.25. The van der Waals surface area contributed by atoms with Crippen LogP contribution in [0.4, 0.5) is 5.69 Å². The quantitative estimate of drug-likeness (QED) is 0.144. The average Bonchev–Trinajstić information content (AvgIpc) is 3.00. The van der Waals surface area contributed by atoms with E-state index in [1.54, 1.807) is 55.5 Å². The highest BCUT2D eigenvalue weighted by molar-refractivity contribution is 6.00. The van der Waals surface area contributed by atoms with Crippen LogP contribution < -0.4 is 10.1 Å². The zero-order valence-corrected chi connectivity index (χ0v) is 23.6. The summed E-state index contributed by atoms with van der Waals surface area (Å²) in [6.07, 6.45) is -0.691. The van der Waals surface area contributed by atoms with Gasteiger partial charge in [0.15, 0.2) is 6.10 Å². The summed E-state index contributed by atoms with van der Waals surface area (Å²) in [5, 5.41) is 2.77. The summed E-state index contributed by atoms with van der Waals surface area (Å²) in [5.41, 5.74) is 3.37. The Kier molecular flexibility index (Phi) is 9.69. The number of ketones is 1. The molecule has 1 amide bonds. The summed E-state index contributed by atoms with van der Waals surface area (Å²) in [6.45, 7) is 6.17. The fourth-order valence-electron chi connectivity index (χ4n) is 4.47. The van der Waals surface area contributed by atoms with Gasteiger partial charge in [-0.1, -0.05) is 93.6 Å². The lowest BCUT2D eigenvalue weighted by molar-refractivity contribution is -0.148. The first-order valence-corrected chi connectivity index (χ1v) is 13.8. The molecule has 0 fully saturated rings. The Hall–Kier alpha value is -4.71. The van der Waals surface area contributed by atoms with Crippen molar-refractivity contribution < 1.29 is 23.9 Å². The van der Waals surface area contributed by atoms with Gasteiger partial charge in [0.05, 0.1) is 6.42 Å². The number of benzene rings is 4. The first kappa shape index (κ1) is 29.3. The fraction of sp³-hybridized carbons (Fsp3) is 0.229. The molecule has 0 aliphatic rings. The normalized spacial score (nSPS) is 11.8. The van der Waals surface area contributed by atoms with Gasteiger partial charge in [0.1, 0.15) is 11.5 Å². The molecule has 1 unspecified atom stereocenters. The van der Waals surface area contributed by atoms with Crippen molar-refractivity contribution in [3.8, 4) is 11.5 Å². The molecule has 1 atom stereocenters. The minimum Gasteiger partial charge on any atom is -0.457 e. The maximum Gasteiger partial charge on any atom is 0.307 e. The molecule has 0 saturated carbocycles. The third kappa shape index (κ3) is 7.92. The van der Waals surface area contributed by atoms with Crippen LogP contribution in [0.25, 0.3) is 0 Å². The number of ether oxygens (including phenoxy) is 2. The standard InChI is InChI=1S/C35H35NO5/c1-4-31(34(39)25-11-7-5-8-12-25)41-33(38)24-23-32(37)36-28-17-21-30(22-18-28)40-29-19-15-27(16-20-29)35(2,3)26-13-9-6-10-14-26/h5-22,31H,4,23-24H2,1-3H3,(H,36,37). The van der Waals surface area contributed by atoms with Gasteiger partial charge < -0.3 is 14.8 Å². The van der Waals surface area contributed by atoms with Crippen LogP contribution >= 0.6 is 0 Å². The van der Waals surface area contributed by atoms with Crippen LogP contribution in [-0.2, 0) is 19.7 Å². The summed E-state index contributed by atoms with van der Waals surface area (Å²) in [4.78, 5) is 37.3. The fourth-order valence-corrected chi connectivity index (χ4v) is 4.47. The molecule has 0 spiro atoms. The van der Waals surface area contributed by atoms with Crippen molar-refractivity contribution in [2.24, 2.45) is 0 Å². The predicted octanol–water partition coefficient (Wildman–Crippen LogP) is 7.73. The minimum absolute atomic E-state index is 0.0568. The van der Waals surface area contributed by atoms with Gasteiger partial charge in [-0.05, 0) is 53.9 Å². The lowest BCUT2D eigenvalue weighted by atomic mass is 9.78. The van der Waals surface area contributed by atoms with Crippen molar-refractivity contribution in [1.82, 2.24) is 0 Å². The van der Waals surface area contributed by atoms with Gasteiger partial charge in [-0.2, -0.15) is 0 Å². The summed E-state index contributed by atoms with van der Waals surface area (Å²) in [5.74, 6) is 0.187. The second kappa shape index (κ2) is 13.6. The highest BCUT2D eigenvalue weighted by Crippen LogP contribution is 2.33. The van der Waals surface area contributed by atoms with Crippen molar-refractivity contribution >= 4 is 23.3 Å². The molecule has 4 aromatic carbocycles. The smallest absolute Gasteiger partial charge is 0.307 e. The molecular formula is C35H35NO5. The van der Waals surface area contributed by atoms with E-state index in [9.17, 15) is 14.4 Å². The van der Waals surface area contributed by atoms with Crippen molar-refractivity contribution in [2.45, 2.75) is 51.6 Å². The van der Waals surface area contributed by atoms with Gasteiger partial charge in [0, 0.05) is 23.1 Å². The van der Waals surface area contributed by atoms with E-state index in [1.165, 1.54) is 11.1 Å². The molecular weight excluding hydrogens is 514 g/mol. The molecule has 4 rings (SSSR count). The summed E-state index contributed by atoms with van der Waals surface area (Å²) >= 11 is 0. The third-order valence-electron chi connectivity index (χ3n) is 7.00. The van der Waals surface area contributed by atoms with Crippen LogP contribution in [0.3, 0.4) is 0 Å². The molecule has 0 heterocycles. The summed E-state index contributed by atoms with van der Waals surface area (Å²) < 4.78 is 11.3. The maximum absolute atomic E-state index is 12.6. The molecule has 0 radical (unpaired) electrons. The van der Waals surface area contributed by atoms with Crippen LogP contribution in [0.2, 0.25) is 0 Å². The van der Waals surface area contributed by atoms with Gasteiger partial charge in [-0.15, -0.1) is 0 Å². The zero-order chi connectivity index (χ0) is 29.2. The SMILES string of the molecule is CCC(OC(=O)CCC(=O)Nc1ccc(Oc2ccc(C(C)(C)c3ccccc3)cc2)cc1)C(=O)c1ccccc1. The van der Waals surface area contributed by atoms with Crippen molar-refractivity contribution in [3.05, 3.63) is 126 Å². The summed E-state index contributed by atoms with van der Waals surface area (Å²) in [6, 6.07) is 34.2. The number of esters is 1. The Morgan fingerprint density at radius 3 is 1.83 bits per heavy atom. The number of hydrogen-bond acceptors (Lipinski definition) is 5. The van der Waals surface area contributed by atoms with Crippen molar-refractivity contribution in [2.75, 3.05) is 5.32 Å². The van der Waals surface area contributed by atoms with Gasteiger partial charge >= 0.3 is 5.97 Å². The van der Waals surface area contributed by atoms with Crippen LogP contribution in [0, 0.1) is 0 Å². The Morgan fingerprint density at radius 2 is 1.24 bits per heavy atom. The van der Waals surface area contributed by atoms with Crippen molar-refractivity contribution in [1.29, 1.82) is 0 Å². The van der Waals surface area contributed by atoms with E-state index >= 15 is 0 Å².